The molecule has 0 fully saturated rings. The highest BCUT2D eigenvalue weighted by atomic mass is 35.5. The number of ether oxygens (including phenoxy) is 1. The van der Waals surface area contributed by atoms with Crippen LogP contribution in [0.3, 0.4) is 0 Å². The molecule has 0 heterocycles. The number of hydrogen-bond acceptors (Lipinski definition) is 3. The third-order valence-corrected chi connectivity index (χ3v) is 2.88. The Balaban J connectivity index is 3.12. The highest BCUT2D eigenvalue weighted by molar-refractivity contribution is 6.31. The van der Waals surface area contributed by atoms with Gasteiger partial charge in [-0.2, -0.15) is 0 Å². The van der Waals surface area contributed by atoms with E-state index in [1.807, 2.05) is 20.8 Å². The van der Waals surface area contributed by atoms with Crippen molar-refractivity contribution in [3.63, 3.8) is 0 Å². The van der Waals surface area contributed by atoms with E-state index in [9.17, 15) is 9.59 Å². The summed E-state index contributed by atoms with van der Waals surface area (Å²) in [5, 5.41) is 9.33. The first-order valence-corrected chi connectivity index (χ1v) is 7.20. The van der Waals surface area contributed by atoms with E-state index in [1.165, 1.54) is 11.0 Å². The van der Waals surface area contributed by atoms with Gasteiger partial charge in [-0.1, -0.05) is 18.5 Å². The van der Waals surface area contributed by atoms with Gasteiger partial charge in [-0.25, -0.2) is 0 Å². The van der Waals surface area contributed by atoms with E-state index in [1.54, 1.807) is 12.1 Å². The molecule has 0 unspecified atom stereocenters. The van der Waals surface area contributed by atoms with E-state index >= 15 is 0 Å². The first-order chi connectivity index (χ1) is 9.85. The number of carbonyl (C=O) groups is 2. The lowest BCUT2D eigenvalue weighted by Crippen LogP contribution is -2.36. The third-order valence-electron chi connectivity index (χ3n) is 2.64. The third kappa shape index (κ3) is 5.27. The summed E-state index contributed by atoms with van der Waals surface area (Å²) in [6.07, 6.45) is 0.566. The van der Waals surface area contributed by atoms with Crippen LogP contribution in [-0.2, 0) is 4.79 Å². The molecule has 116 valence electrons. The summed E-state index contributed by atoms with van der Waals surface area (Å²) in [5.74, 6) is -1.03. The summed E-state index contributed by atoms with van der Waals surface area (Å²) in [7, 11) is 0. The van der Waals surface area contributed by atoms with E-state index < -0.39 is 11.9 Å². The van der Waals surface area contributed by atoms with Crippen LogP contribution in [0, 0.1) is 0 Å². The van der Waals surface area contributed by atoms with Crippen molar-refractivity contribution < 1.29 is 19.4 Å². The minimum absolute atomic E-state index is 0.100. The van der Waals surface area contributed by atoms with Crippen LogP contribution in [0.25, 0.3) is 0 Å². The van der Waals surface area contributed by atoms with Crippen molar-refractivity contribution in [2.45, 2.75) is 33.3 Å². The number of benzene rings is 1. The molecule has 21 heavy (non-hydrogen) atoms. The van der Waals surface area contributed by atoms with Gasteiger partial charge >= 0.3 is 5.97 Å². The van der Waals surface area contributed by atoms with Crippen molar-refractivity contribution in [2.24, 2.45) is 0 Å². The summed E-state index contributed by atoms with van der Waals surface area (Å²) in [4.78, 5) is 24.7. The molecule has 0 aliphatic heterocycles. The van der Waals surface area contributed by atoms with E-state index in [0.29, 0.717) is 23.7 Å². The van der Waals surface area contributed by atoms with Gasteiger partial charge in [0, 0.05) is 11.6 Å². The largest absolute Gasteiger partial charge is 0.490 e. The number of hydrogen-bond donors (Lipinski definition) is 1. The molecule has 1 amide bonds. The summed E-state index contributed by atoms with van der Waals surface area (Å²) in [6, 6.07) is 4.77. The van der Waals surface area contributed by atoms with Crippen molar-refractivity contribution >= 4 is 23.5 Å². The zero-order valence-electron chi connectivity index (χ0n) is 12.4. The number of aliphatic carboxylic acids is 1. The number of carboxylic acids is 1. The van der Waals surface area contributed by atoms with Gasteiger partial charge in [-0.3, -0.25) is 9.59 Å². The monoisotopic (exact) mass is 313 g/mol. The number of carbonyl (C=O) groups excluding carboxylic acids is 1. The van der Waals surface area contributed by atoms with E-state index in [4.69, 9.17) is 21.4 Å². The lowest BCUT2D eigenvalue weighted by atomic mass is 10.1. The highest BCUT2D eigenvalue weighted by Crippen LogP contribution is 2.25. The number of nitrogens with zero attached hydrogens (tertiary/aromatic N) is 1. The first kappa shape index (κ1) is 17.3. The van der Waals surface area contributed by atoms with Crippen LogP contribution in [0.2, 0.25) is 5.02 Å². The quantitative estimate of drug-likeness (QED) is 0.840. The van der Waals surface area contributed by atoms with Gasteiger partial charge in [-0.15, -0.1) is 0 Å². The van der Waals surface area contributed by atoms with Crippen LogP contribution < -0.4 is 4.74 Å². The number of rotatable bonds is 7. The fourth-order valence-corrected chi connectivity index (χ4v) is 2.05. The van der Waals surface area contributed by atoms with Crippen LogP contribution in [0.1, 0.15) is 37.6 Å². The van der Waals surface area contributed by atoms with Crippen molar-refractivity contribution in [3.05, 3.63) is 28.8 Å². The van der Waals surface area contributed by atoms with Gasteiger partial charge in [0.1, 0.15) is 12.3 Å². The topological polar surface area (TPSA) is 66.8 Å². The zero-order chi connectivity index (χ0) is 16.0. The summed E-state index contributed by atoms with van der Waals surface area (Å²) in [5.41, 5.74) is 0.283. The highest BCUT2D eigenvalue weighted by Gasteiger charge is 2.22. The molecular weight excluding hydrogens is 294 g/mol. The maximum Gasteiger partial charge on any atom is 0.323 e. The Hall–Kier alpha value is -1.75. The zero-order valence-corrected chi connectivity index (χ0v) is 13.2. The molecule has 1 rings (SSSR count). The lowest BCUT2D eigenvalue weighted by Gasteiger charge is -2.22. The van der Waals surface area contributed by atoms with Crippen LogP contribution >= 0.6 is 11.6 Å². The predicted octanol–water partition coefficient (Wildman–Crippen LogP) is 3.06. The summed E-state index contributed by atoms with van der Waals surface area (Å²) < 4.78 is 5.60. The Labute approximate surface area is 129 Å². The standard InChI is InChI=1S/C15H20ClNO4/c1-4-7-17(9-14(18)19)15(20)12-8-11(16)5-6-13(12)21-10(2)3/h5-6,8,10H,4,7,9H2,1-3H3,(H,18,19). The normalized spacial score (nSPS) is 10.5. The Morgan fingerprint density at radius 1 is 1.38 bits per heavy atom. The predicted molar refractivity (Wildman–Crippen MR) is 81.0 cm³/mol. The molecule has 0 radical (unpaired) electrons. The number of amides is 1. The second kappa shape index (κ2) is 7.88. The molecule has 1 aromatic carbocycles. The molecule has 5 nitrogen and oxygen atoms in total. The van der Waals surface area contributed by atoms with Crippen molar-refractivity contribution in [2.75, 3.05) is 13.1 Å². The molecule has 6 heteroatoms. The molecule has 0 aliphatic rings. The van der Waals surface area contributed by atoms with E-state index in [0.717, 1.165) is 0 Å². The minimum atomic E-state index is -1.05. The molecule has 0 saturated carbocycles. The summed E-state index contributed by atoms with van der Waals surface area (Å²) in [6.45, 7) is 5.60. The first-order valence-electron chi connectivity index (χ1n) is 6.82. The molecule has 0 aliphatic carbocycles. The number of halogens is 1. The van der Waals surface area contributed by atoms with Gasteiger partial charge in [-0.05, 0) is 38.5 Å². The van der Waals surface area contributed by atoms with Crippen molar-refractivity contribution in [1.82, 2.24) is 4.90 Å². The Kier molecular flexibility index (Phi) is 6.49. The van der Waals surface area contributed by atoms with Crippen LogP contribution in [0.5, 0.6) is 5.75 Å². The van der Waals surface area contributed by atoms with Gasteiger partial charge in [0.15, 0.2) is 0 Å². The summed E-state index contributed by atoms with van der Waals surface area (Å²) >= 11 is 5.94. The second-order valence-corrected chi connectivity index (χ2v) is 5.36. The second-order valence-electron chi connectivity index (χ2n) is 4.93. The molecule has 0 atom stereocenters. The van der Waals surface area contributed by atoms with Gasteiger partial charge in [0.25, 0.3) is 5.91 Å². The Morgan fingerprint density at radius 2 is 2.05 bits per heavy atom. The van der Waals surface area contributed by atoms with Gasteiger partial charge in [0.2, 0.25) is 0 Å². The molecular formula is C15H20ClNO4. The average molecular weight is 314 g/mol. The maximum atomic E-state index is 12.5. The van der Waals surface area contributed by atoms with Crippen LogP contribution in [-0.4, -0.2) is 41.1 Å². The van der Waals surface area contributed by atoms with Crippen molar-refractivity contribution in [1.29, 1.82) is 0 Å². The maximum absolute atomic E-state index is 12.5. The Bertz CT molecular complexity index is 516. The van der Waals surface area contributed by atoms with Crippen LogP contribution in [0.15, 0.2) is 18.2 Å². The molecule has 0 bridgehead atoms. The van der Waals surface area contributed by atoms with Gasteiger partial charge in [0.05, 0.1) is 11.7 Å². The Morgan fingerprint density at radius 3 is 2.57 bits per heavy atom. The van der Waals surface area contributed by atoms with Gasteiger partial charge < -0.3 is 14.7 Å². The molecule has 0 spiro atoms. The molecule has 1 aromatic rings. The fourth-order valence-electron chi connectivity index (χ4n) is 1.88. The van der Waals surface area contributed by atoms with E-state index in [-0.39, 0.29) is 18.2 Å². The van der Waals surface area contributed by atoms with Crippen LogP contribution in [0.4, 0.5) is 0 Å². The minimum Gasteiger partial charge on any atom is -0.490 e. The lowest BCUT2D eigenvalue weighted by molar-refractivity contribution is -0.137. The molecule has 0 aromatic heterocycles. The van der Waals surface area contributed by atoms with Crippen molar-refractivity contribution in [3.8, 4) is 5.75 Å². The smallest absolute Gasteiger partial charge is 0.323 e. The SMILES string of the molecule is CCCN(CC(=O)O)C(=O)c1cc(Cl)ccc1OC(C)C. The molecule has 0 saturated heterocycles. The van der Waals surface area contributed by atoms with E-state index in [2.05, 4.69) is 0 Å². The molecule has 1 N–H and O–H groups in total. The fraction of sp³-hybridized carbons (Fsp3) is 0.467. The average Bonchev–Trinajstić information content (AvgIpc) is 2.38. The number of carboxylic acid groups (broad SMARTS) is 1.